The zero-order valence-corrected chi connectivity index (χ0v) is 8.40. The summed E-state index contributed by atoms with van der Waals surface area (Å²) >= 11 is 6.17. The highest BCUT2D eigenvalue weighted by atomic mass is 35.5. The fourth-order valence-electron chi connectivity index (χ4n) is 1.99. The van der Waals surface area contributed by atoms with Crippen LogP contribution in [0, 0.1) is 0 Å². The monoisotopic (exact) mass is 195 g/mol. The molecule has 0 aliphatic heterocycles. The Morgan fingerprint density at radius 1 is 1.23 bits per heavy atom. The van der Waals surface area contributed by atoms with Gasteiger partial charge in [-0.2, -0.15) is 0 Å². The van der Waals surface area contributed by atoms with Crippen molar-refractivity contribution in [3.8, 4) is 0 Å². The standard InChI is InChI=1S/C11H14ClN/c12-11-6-8(7-13)5-9-3-1-2-4-10(9)11/h5-6H,1-4,7,13H2. The highest BCUT2D eigenvalue weighted by Crippen LogP contribution is 2.29. The Balaban J connectivity index is 2.47. The summed E-state index contributed by atoms with van der Waals surface area (Å²) in [4.78, 5) is 0. The lowest BCUT2D eigenvalue weighted by Crippen LogP contribution is -2.06. The van der Waals surface area contributed by atoms with E-state index in [9.17, 15) is 0 Å². The first-order chi connectivity index (χ1) is 6.31. The molecule has 0 bridgehead atoms. The van der Waals surface area contributed by atoms with E-state index in [0.29, 0.717) is 6.54 Å². The topological polar surface area (TPSA) is 26.0 Å². The van der Waals surface area contributed by atoms with Crippen LogP contribution in [0.15, 0.2) is 12.1 Å². The van der Waals surface area contributed by atoms with Crippen LogP contribution >= 0.6 is 11.6 Å². The van der Waals surface area contributed by atoms with Crippen LogP contribution in [0.4, 0.5) is 0 Å². The molecule has 0 saturated carbocycles. The van der Waals surface area contributed by atoms with Crippen molar-refractivity contribution in [1.82, 2.24) is 0 Å². The molecule has 1 aliphatic carbocycles. The number of benzene rings is 1. The maximum atomic E-state index is 6.17. The Labute approximate surface area is 83.9 Å². The number of aryl methyl sites for hydroxylation is 1. The predicted octanol–water partition coefficient (Wildman–Crippen LogP) is 2.68. The van der Waals surface area contributed by atoms with Crippen LogP contribution in [0.1, 0.15) is 29.5 Å². The van der Waals surface area contributed by atoms with Crippen LogP contribution in [-0.4, -0.2) is 0 Å². The second kappa shape index (κ2) is 3.69. The van der Waals surface area contributed by atoms with Gasteiger partial charge in [-0.25, -0.2) is 0 Å². The van der Waals surface area contributed by atoms with E-state index in [2.05, 4.69) is 6.07 Å². The molecule has 0 spiro atoms. The van der Waals surface area contributed by atoms with Crippen LogP contribution in [0.2, 0.25) is 5.02 Å². The molecule has 0 aromatic heterocycles. The Bertz CT molecular complexity index is 320. The van der Waals surface area contributed by atoms with Gasteiger partial charge in [0.15, 0.2) is 0 Å². The summed E-state index contributed by atoms with van der Waals surface area (Å²) in [5, 5.41) is 0.914. The quantitative estimate of drug-likeness (QED) is 0.733. The second-order valence-electron chi connectivity index (χ2n) is 3.63. The largest absolute Gasteiger partial charge is 0.326 e. The third-order valence-corrected chi connectivity index (χ3v) is 3.04. The highest BCUT2D eigenvalue weighted by Gasteiger charge is 2.12. The van der Waals surface area contributed by atoms with Crippen molar-refractivity contribution in [1.29, 1.82) is 0 Å². The molecule has 2 rings (SSSR count). The highest BCUT2D eigenvalue weighted by molar-refractivity contribution is 6.31. The van der Waals surface area contributed by atoms with Gasteiger partial charge in [0.05, 0.1) is 0 Å². The molecule has 70 valence electrons. The first-order valence-corrected chi connectivity index (χ1v) is 5.19. The Morgan fingerprint density at radius 3 is 2.77 bits per heavy atom. The number of halogens is 1. The van der Waals surface area contributed by atoms with Crippen LogP contribution in [0.25, 0.3) is 0 Å². The van der Waals surface area contributed by atoms with Crippen molar-refractivity contribution in [2.75, 3.05) is 0 Å². The van der Waals surface area contributed by atoms with Gasteiger partial charge in [0.2, 0.25) is 0 Å². The van der Waals surface area contributed by atoms with Crippen molar-refractivity contribution in [3.63, 3.8) is 0 Å². The lowest BCUT2D eigenvalue weighted by atomic mass is 9.90. The first kappa shape index (κ1) is 9.04. The van der Waals surface area contributed by atoms with Crippen molar-refractivity contribution in [2.45, 2.75) is 32.2 Å². The molecule has 2 heteroatoms. The van der Waals surface area contributed by atoms with Crippen molar-refractivity contribution >= 4 is 11.6 Å². The van der Waals surface area contributed by atoms with E-state index >= 15 is 0 Å². The summed E-state index contributed by atoms with van der Waals surface area (Å²) in [6.07, 6.45) is 4.87. The van der Waals surface area contributed by atoms with Gasteiger partial charge in [-0.1, -0.05) is 17.7 Å². The molecule has 0 fully saturated rings. The third kappa shape index (κ3) is 1.72. The molecule has 1 aromatic carbocycles. The summed E-state index contributed by atoms with van der Waals surface area (Å²) in [6.45, 7) is 0.590. The average Bonchev–Trinajstić information content (AvgIpc) is 2.18. The maximum absolute atomic E-state index is 6.17. The van der Waals surface area contributed by atoms with E-state index in [0.717, 1.165) is 17.0 Å². The molecule has 2 N–H and O–H groups in total. The van der Waals surface area contributed by atoms with Crippen LogP contribution in [0.3, 0.4) is 0 Å². The summed E-state index contributed by atoms with van der Waals surface area (Å²) < 4.78 is 0. The van der Waals surface area contributed by atoms with E-state index in [1.165, 1.54) is 30.4 Å². The van der Waals surface area contributed by atoms with Crippen LogP contribution in [-0.2, 0) is 19.4 Å². The normalized spacial score (nSPS) is 15.5. The molecule has 1 aromatic rings. The van der Waals surface area contributed by atoms with Gasteiger partial charge >= 0.3 is 0 Å². The molecule has 1 nitrogen and oxygen atoms in total. The zero-order valence-electron chi connectivity index (χ0n) is 7.65. The number of nitrogens with two attached hydrogens (primary N) is 1. The molecule has 1 aliphatic rings. The van der Waals surface area contributed by atoms with Crippen molar-refractivity contribution in [3.05, 3.63) is 33.8 Å². The fourth-order valence-corrected chi connectivity index (χ4v) is 2.35. The number of fused-ring (bicyclic) bond motifs is 1. The average molecular weight is 196 g/mol. The molecule has 0 saturated heterocycles. The minimum absolute atomic E-state index is 0.590. The summed E-state index contributed by atoms with van der Waals surface area (Å²) in [7, 11) is 0. The van der Waals surface area contributed by atoms with Gasteiger partial charge in [0.25, 0.3) is 0 Å². The van der Waals surface area contributed by atoms with Crippen LogP contribution in [0.5, 0.6) is 0 Å². The zero-order chi connectivity index (χ0) is 9.26. The Hall–Kier alpha value is -0.530. The van der Waals surface area contributed by atoms with Gasteiger partial charge in [-0.3, -0.25) is 0 Å². The van der Waals surface area contributed by atoms with Gasteiger partial charge in [0, 0.05) is 11.6 Å². The SMILES string of the molecule is NCc1cc(Cl)c2c(c1)CCCC2. The maximum Gasteiger partial charge on any atom is 0.0443 e. The molecule has 13 heavy (non-hydrogen) atoms. The van der Waals surface area contributed by atoms with E-state index in [1.807, 2.05) is 6.07 Å². The van der Waals surface area contributed by atoms with E-state index in [-0.39, 0.29) is 0 Å². The number of rotatable bonds is 1. The lowest BCUT2D eigenvalue weighted by molar-refractivity contribution is 0.684. The number of hydrogen-bond acceptors (Lipinski definition) is 1. The van der Waals surface area contributed by atoms with Crippen molar-refractivity contribution < 1.29 is 0 Å². The fraction of sp³-hybridized carbons (Fsp3) is 0.455. The summed E-state index contributed by atoms with van der Waals surface area (Å²) in [5.74, 6) is 0. The predicted molar refractivity (Wildman–Crippen MR) is 56.0 cm³/mol. The minimum Gasteiger partial charge on any atom is -0.326 e. The Morgan fingerprint density at radius 2 is 2.00 bits per heavy atom. The van der Waals surface area contributed by atoms with E-state index < -0.39 is 0 Å². The molecule has 0 unspecified atom stereocenters. The van der Waals surface area contributed by atoms with Gasteiger partial charge in [-0.15, -0.1) is 0 Å². The molecule has 0 heterocycles. The molecule has 0 amide bonds. The van der Waals surface area contributed by atoms with E-state index in [1.54, 1.807) is 0 Å². The molecular formula is C11H14ClN. The van der Waals surface area contributed by atoms with E-state index in [4.69, 9.17) is 17.3 Å². The Kier molecular flexibility index (Phi) is 2.56. The number of hydrogen-bond donors (Lipinski definition) is 1. The lowest BCUT2D eigenvalue weighted by Gasteiger charge is -2.18. The smallest absolute Gasteiger partial charge is 0.0443 e. The van der Waals surface area contributed by atoms with Gasteiger partial charge in [-0.05, 0) is 48.4 Å². The van der Waals surface area contributed by atoms with Gasteiger partial charge in [0.1, 0.15) is 0 Å². The molecular weight excluding hydrogens is 182 g/mol. The first-order valence-electron chi connectivity index (χ1n) is 4.81. The van der Waals surface area contributed by atoms with Crippen LogP contribution < -0.4 is 5.73 Å². The molecule has 0 atom stereocenters. The third-order valence-electron chi connectivity index (χ3n) is 2.71. The van der Waals surface area contributed by atoms with Gasteiger partial charge < -0.3 is 5.73 Å². The molecule has 0 radical (unpaired) electrons. The minimum atomic E-state index is 0.590. The summed E-state index contributed by atoms with van der Waals surface area (Å²) in [5.41, 5.74) is 9.52. The van der Waals surface area contributed by atoms with Crippen molar-refractivity contribution in [2.24, 2.45) is 5.73 Å². The summed E-state index contributed by atoms with van der Waals surface area (Å²) in [6, 6.07) is 4.21. The second-order valence-corrected chi connectivity index (χ2v) is 4.03.